The summed E-state index contributed by atoms with van der Waals surface area (Å²) in [4.78, 5) is 14.7. The third-order valence-electron chi connectivity index (χ3n) is 1.39. The molecule has 0 heterocycles. The molecule has 3 heteroatoms. The van der Waals surface area contributed by atoms with Crippen LogP contribution in [0.1, 0.15) is 26.2 Å². The highest BCUT2D eigenvalue weighted by atomic mass is 32.2. The summed E-state index contributed by atoms with van der Waals surface area (Å²) in [5.74, 6) is 0.244. The molecule has 0 aliphatic rings. The van der Waals surface area contributed by atoms with E-state index in [1.165, 1.54) is 11.8 Å². The van der Waals surface area contributed by atoms with Gasteiger partial charge in [0.15, 0.2) is 0 Å². The van der Waals surface area contributed by atoms with Gasteiger partial charge in [-0.1, -0.05) is 18.3 Å². The van der Waals surface area contributed by atoms with Gasteiger partial charge in [-0.3, -0.25) is 4.99 Å². The number of aliphatic imine (C=N–C) groups is 1. The first-order valence-electron chi connectivity index (χ1n) is 3.93. The molecule has 0 aromatic heterocycles. The summed E-state index contributed by atoms with van der Waals surface area (Å²) in [5.41, 5.74) is 0. The molecule has 0 amide bonds. The molecule has 0 saturated carbocycles. The second-order valence-corrected chi connectivity index (χ2v) is 3.50. The van der Waals surface area contributed by atoms with Crippen LogP contribution in [-0.4, -0.2) is 17.9 Å². The number of ketones is 1. The molecule has 0 N–H and O–H groups in total. The minimum atomic E-state index is 0.244. The molecule has 0 aromatic rings. The summed E-state index contributed by atoms with van der Waals surface area (Å²) in [5, 5.41) is 2.81. The summed E-state index contributed by atoms with van der Waals surface area (Å²) < 4.78 is 0. The fourth-order valence-electron chi connectivity index (χ4n) is 0.808. The lowest BCUT2D eigenvalue weighted by Crippen LogP contribution is -1.94. The Morgan fingerprint density at radius 2 is 2.25 bits per heavy atom. The minimum absolute atomic E-state index is 0.244. The van der Waals surface area contributed by atoms with Crippen LogP contribution < -0.4 is 0 Å². The van der Waals surface area contributed by atoms with Crippen LogP contribution in [0.15, 0.2) is 17.0 Å². The highest BCUT2D eigenvalue weighted by Gasteiger charge is 1.98. The molecule has 0 radical (unpaired) electrons. The van der Waals surface area contributed by atoms with Gasteiger partial charge in [0, 0.05) is 13.5 Å². The maximum Gasteiger partial charge on any atom is 0.129 e. The smallest absolute Gasteiger partial charge is 0.129 e. The van der Waals surface area contributed by atoms with Crippen LogP contribution in [0.25, 0.3) is 0 Å². The molecule has 0 aromatic carbocycles. The Labute approximate surface area is 78.1 Å². The molecule has 0 spiro atoms. The van der Waals surface area contributed by atoms with E-state index in [2.05, 4.69) is 11.6 Å². The third kappa shape index (κ3) is 6.16. The van der Waals surface area contributed by atoms with Gasteiger partial charge in [0.25, 0.3) is 0 Å². The second kappa shape index (κ2) is 7.10. The third-order valence-corrected chi connectivity index (χ3v) is 2.21. The number of thioether (sulfide) groups is 1. The second-order valence-electron chi connectivity index (χ2n) is 2.46. The Bertz CT molecular complexity index is 187. The van der Waals surface area contributed by atoms with Gasteiger partial charge in [0.1, 0.15) is 5.78 Å². The van der Waals surface area contributed by atoms with Crippen molar-refractivity contribution in [3.8, 4) is 0 Å². The Morgan fingerprint density at radius 3 is 2.67 bits per heavy atom. The van der Waals surface area contributed by atoms with Crippen molar-refractivity contribution in [1.82, 2.24) is 0 Å². The predicted molar refractivity (Wildman–Crippen MR) is 55.7 cm³/mol. The number of Topliss-reactive ketones (excluding diaryl/α,β-unsaturated/α-hetero) is 1. The molecular formula is C9H15NOS. The molecule has 0 aliphatic heterocycles. The van der Waals surface area contributed by atoms with E-state index in [0.717, 1.165) is 17.9 Å². The fraction of sp³-hybridized carbons (Fsp3) is 0.556. The maximum atomic E-state index is 10.6. The Hall–Kier alpha value is -0.570. The van der Waals surface area contributed by atoms with E-state index in [0.29, 0.717) is 6.42 Å². The van der Waals surface area contributed by atoms with Crippen molar-refractivity contribution in [2.24, 2.45) is 4.99 Å². The van der Waals surface area contributed by atoms with E-state index >= 15 is 0 Å². The lowest BCUT2D eigenvalue weighted by molar-refractivity contribution is -0.117. The van der Waals surface area contributed by atoms with Crippen LogP contribution >= 0.6 is 11.8 Å². The molecule has 0 unspecified atom stereocenters. The minimum Gasteiger partial charge on any atom is -0.300 e. The van der Waals surface area contributed by atoms with Gasteiger partial charge >= 0.3 is 0 Å². The Kier molecular flexibility index (Phi) is 6.76. The van der Waals surface area contributed by atoms with Gasteiger partial charge in [-0.25, -0.2) is 0 Å². The highest BCUT2D eigenvalue weighted by Crippen LogP contribution is 2.11. The van der Waals surface area contributed by atoms with Gasteiger partial charge in [0.2, 0.25) is 0 Å². The van der Waals surface area contributed by atoms with Crippen LogP contribution in [-0.2, 0) is 4.79 Å². The van der Waals surface area contributed by atoms with Crippen LogP contribution in [0.5, 0.6) is 0 Å². The lowest BCUT2D eigenvalue weighted by atomic mass is 10.2. The number of carbonyl (C=O) groups is 1. The molecule has 0 bridgehead atoms. The Balaban J connectivity index is 3.59. The normalized spacial score (nSPS) is 11.3. The number of nitrogens with zero attached hydrogens (tertiary/aromatic N) is 1. The molecular weight excluding hydrogens is 170 g/mol. The van der Waals surface area contributed by atoms with E-state index in [1.807, 2.05) is 0 Å². The van der Waals surface area contributed by atoms with E-state index in [-0.39, 0.29) is 5.78 Å². The van der Waals surface area contributed by atoms with Crippen molar-refractivity contribution < 1.29 is 4.79 Å². The lowest BCUT2D eigenvalue weighted by Gasteiger charge is -1.99. The van der Waals surface area contributed by atoms with Crippen molar-refractivity contribution in [1.29, 1.82) is 0 Å². The first kappa shape index (κ1) is 11.4. The molecule has 0 rings (SSSR count). The van der Waals surface area contributed by atoms with E-state index in [9.17, 15) is 4.79 Å². The zero-order valence-corrected chi connectivity index (χ0v) is 8.49. The number of rotatable bonds is 5. The molecule has 12 heavy (non-hydrogen) atoms. The Morgan fingerprint density at radius 1 is 1.58 bits per heavy atom. The van der Waals surface area contributed by atoms with Gasteiger partial charge in [-0.15, -0.1) is 0 Å². The SMILES string of the molecule is C=CSC(CCCC(C)=O)=NC. The predicted octanol–water partition coefficient (Wildman–Crippen LogP) is 2.65. The molecule has 0 saturated heterocycles. The topological polar surface area (TPSA) is 29.4 Å². The molecule has 0 aliphatic carbocycles. The molecule has 0 atom stereocenters. The van der Waals surface area contributed by atoms with E-state index in [1.54, 1.807) is 19.4 Å². The molecule has 2 nitrogen and oxygen atoms in total. The van der Waals surface area contributed by atoms with E-state index in [4.69, 9.17) is 0 Å². The van der Waals surface area contributed by atoms with Gasteiger partial charge < -0.3 is 4.79 Å². The zero-order chi connectivity index (χ0) is 9.40. The number of hydrogen-bond acceptors (Lipinski definition) is 3. The summed E-state index contributed by atoms with van der Waals surface area (Å²) in [6, 6.07) is 0. The van der Waals surface area contributed by atoms with Crippen molar-refractivity contribution in [3.63, 3.8) is 0 Å². The zero-order valence-electron chi connectivity index (χ0n) is 7.67. The quantitative estimate of drug-likeness (QED) is 0.487. The van der Waals surface area contributed by atoms with Crippen molar-refractivity contribution >= 4 is 22.6 Å². The van der Waals surface area contributed by atoms with Crippen molar-refractivity contribution in [2.75, 3.05) is 7.05 Å². The average molecular weight is 185 g/mol. The van der Waals surface area contributed by atoms with Crippen molar-refractivity contribution in [3.05, 3.63) is 12.0 Å². The van der Waals surface area contributed by atoms with Crippen LogP contribution in [0.4, 0.5) is 0 Å². The van der Waals surface area contributed by atoms with Crippen LogP contribution in [0.2, 0.25) is 0 Å². The first-order valence-corrected chi connectivity index (χ1v) is 4.81. The standard InChI is InChI=1S/C9H15NOS/c1-4-12-9(10-3)7-5-6-8(2)11/h4H,1,5-7H2,2-3H3. The van der Waals surface area contributed by atoms with Gasteiger partial charge in [-0.2, -0.15) is 0 Å². The van der Waals surface area contributed by atoms with Crippen LogP contribution in [0, 0.1) is 0 Å². The van der Waals surface area contributed by atoms with Gasteiger partial charge in [-0.05, 0) is 25.2 Å². The average Bonchev–Trinajstić information content (AvgIpc) is 2.02. The van der Waals surface area contributed by atoms with E-state index < -0.39 is 0 Å². The fourth-order valence-corrected chi connectivity index (χ4v) is 1.37. The molecule has 0 fully saturated rings. The van der Waals surface area contributed by atoms with Crippen LogP contribution in [0.3, 0.4) is 0 Å². The highest BCUT2D eigenvalue weighted by molar-refractivity contribution is 8.16. The summed E-state index contributed by atoms with van der Waals surface area (Å²) in [6.45, 7) is 5.22. The number of carbonyl (C=O) groups excluding carboxylic acids is 1. The first-order chi connectivity index (χ1) is 5.70. The monoisotopic (exact) mass is 185 g/mol. The molecule has 68 valence electrons. The maximum absolute atomic E-state index is 10.6. The summed E-state index contributed by atoms with van der Waals surface area (Å²) in [6.07, 6.45) is 2.42. The van der Waals surface area contributed by atoms with Gasteiger partial charge in [0.05, 0.1) is 5.04 Å². The number of hydrogen-bond donors (Lipinski definition) is 0. The summed E-state index contributed by atoms with van der Waals surface area (Å²) in [7, 11) is 1.76. The largest absolute Gasteiger partial charge is 0.300 e. The summed E-state index contributed by atoms with van der Waals surface area (Å²) >= 11 is 1.53. The van der Waals surface area contributed by atoms with Crippen molar-refractivity contribution in [2.45, 2.75) is 26.2 Å².